The topological polar surface area (TPSA) is 21.3 Å². The van der Waals surface area contributed by atoms with E-state index in [1.807, 2.05) is 0 Å². The molecule has 0 heterocycles. The highest BCUT2D eigenvalue weighted by Crippen LogP contribution is 2.40. The van der Waals surface area contributed by atoms with E-state index in [1.165, 1.54) is 6.07 Å². The maximum atomic E-state index is 13.0. The molecule has 1 aliphatic rings. The summed E-state index contributed by atoms with van der Waals surface area (Å²) in [6.45, 7) is 2.10. The van der Waals surface area contributed by atoms with Crippen LogP contribution in [0.4, 0.5) is 32.0 Å². The molecule has 0 aromatic heterocycles. The highest BCUT2D eigenvalue weighted by Gasteiger charge is 2.39. The van der Waals surface area contributed by atoms with Crippen molar-refractivity contribution in [2.24, 2.45) is 5.92 Å². The van der Waals surface area contributed by atoms with Gasteiger partial charge in [-0.2, -0.15) is 13.2 Å². The minimum absolute atomic E-state index is 0.0308. The molecule has 0 aliphatic heterocycles. The Morgan fingerprint density at radius 1 is 1.04 bits per heavy atom. The lowest BCUT2D eigenvalue weighted by atomic mass is 9.84. The van der Waals surface area contributed by atoms with Crippen molar-refractivity contribution >= 4 is 5.69 Å². The van der Waals surface area contributed by atoms with Crippen molar-refractivity contribution in [1.82, 2.24) is 0 Å². The molecule has 1 saturated carbocycles. The predicted octanol–water partition coefficient (Wildman–Crippen LogP) is 5.98. The standard InChI is InChI=1S/C16H19F6NO/c1-2-10-3-5-11(6-4-10)23-12-7-8-14(24-16(20,21)22)13(9-12)15(17,18)19/h7-11,23H,2-6H2,1H3/t10-,11-. The fraction of sp³-hybridized carbons (Fsp3) is 0.625. The third-order valence-electron chi connectivity index (χ3n) is 4.31. The van der Waals surface area contributed by atoms with E-state index < -0.39 is 23.9 Å². The lowest BCUT2D eigenvalue weighted by Crippen LogP contribution is -2.26. The quantitative estimate of drug-likeness (QED) is 0.671. The van der Waals surface area contributed by atoms with E-state index in [-0.39, 0.29) is 11.7 Å². The molecule has 0 bridgehead atoms. The zero-order chi connectivity index (χ0) is 18.0. The van der Waals surface area contributed by atoms with Gasteiger partial charge in [-0.15, -0.1) is 13.2 Å². The third-order valence-corrected chi connectivity index (χ3v) is 4.31. The van der Waals surface area contributed by atoms with Gasteiger partial charge >= 0.3 is 12.5 Å². The van der Waals surface area contributed by atoms with Crippen LogP contribution in [0.15, 0.2) is 18.2 Å². The number of nitrogens with one attached hydrogen (secondary N) is 1. The summed E-state index contributed by atoms with van der Waals surface area (Å²) in [5.41, 5.74) is -1.29. The molecule has 8 heteroatoms. The van der Waals surface area contributed by atoms with Crippen LogP contribution in [0.3, 0.4) is 0 Å². The fourth-order valence-corrected chi connectivity index (χ4v) is 3.01. The maximum absolute atomic E-state index is 13.0. The molecule has 0 saturated heterocycles. The van der Waals surface area contributed by atoms with E-state index >= 15 is 0 Å². The predicted molar refractivity (Wildman–Crippen MR) is 77.8 cm³/mol. The van der Waals surface area contributed by atoms with E-state index in [2.05, 4.69) is 17.0 Å². The number of rotatable bonds is 4. The summed E-state index contributed by atoms with van der Waals surface area (Å²) in [5.74, 6) is -0.605. The average molecular weight is 355 g/mol. The van der Waals surface area contributed by atoms with E-state index in [4.69, 9.17) is 0 Å². The summed E-state index contributed by atoms with van der Waals surface area (Å²) in [5, 5.41) is 2.99. The van der Waals surface area contributed by atoms with Crippen molar-refractivity contribution in [2.45, 2.75) is 57.6 Å². The third kappa shape index (κ3) is 5.21. The molecule has 1 aromatic carbocycles. The fourth-order valence-electron chi connectivity index (χ4n) is 3.01. The molecule has 0 spiro atoms. The first-order valence-corrected chi connectivity index (χ1v) is 7.82. The molecule has 136 valence electrons. The van der Waals surface area contributed by atoms with Gasteiger partial charge in [-0.1, -0.05) is 13.3 Å². The van der Waals surface area contributed by atoms with E-state index in [9.17, 15) is 26.3 Å². The van der Waals surface area contributed by atoms with Gasteiger partial charge in [-0.25, -0.2) is 0 Å². The van der Waals surface area contributed by atoms with Gasteiger partial charge in [0, 0.05) is 11.7 Å². The molecule has 0 radical (unpaired) electrons. The van der Waals surface area contributed by atoms with Gasteiger partial charge in [0.2, 0.25) is 0 Å². The number of ether oxygens (including phenoxy) is 1. The largest absolute Gasteiger partial charge is 0.573 e. The van der Waals surface area contributed by atoms with E-state index in [0.29, 0.717) is 18.1 Å². The van der Waals surface area contributed by atoms with Gasteiger partial charge in [0.05, 0.1) is 5.56 Å². The lowest BCUT2D eigenvalue weighted by Gasteiger charge is -2.29. The molecule has 1 N–H and O–H groups in total. The van der Waals surface area contributed by atoms with Gasteiger partial charge in [0.15, 0.2) is 0 Å². The first-order valence-electron chi connectivity index (χ1n) is 7.82. The van der Waals surface area contributed by atoms with Gasteiger partial charge in [-0.05, 0) is 49.8 Å². The minimum atomic E-state index is -5.17. The van der Waals surface area contributed by atoms with Crippen LogP contribution in [0.1, 0.15) is 44.6 Å². The van der Waals surface area contributed by atoms with Crippen LogP contribution in [0.25, 0.3) is 0 Å². The van der Waals surface area contributed by atoms with Crippen LogP contribution in [0, 0.1) is 5.92 Å². The molecule has 24 heavy (non-hydrogen) atoms. The number of hydrogen-bond donors (Lipinski definition) is 1. The summed E-state index contributed by atoms with van der Waals surface area (Å²) in [6.07, 6.45) is -5.37. The molecule has 1 aromatic rings. The van der Waals surface area contributed by atoms with Crippen molar-refractivity contribution in [3.05, 3.63) is 23.8 Å². The van der Waals surface area contributed by atoms with Crippen molar-refractivity contribution in [3.8, 4) is 5.75 Å². The molecular weight excluding hydrogens is 336 g/mol. The zero-order valence-corrected chi connectivity index (χ0v) is 13.1. The van der Waals surface area contributed by atoms with Gasteiger partial charge in [-0.3, -0.25) is 0 Å². The van der Waals surface area contributed by atoms with Crippen LogP contribution >= 0.6 is 0 Å². The summed E-state index contributed by atoms with van der Waals surface area (Å²) < 4.78 is 79.2. The number of alkyl halides is 6. The number of hydrogen-bond acceptors (Lipinski definition) is 2. The van der Waals surface area contributed by atoms with Crippen LogP contribution < -0.4 is 10.1 Å². The molecule has 1 aliphatic carbocycles. The molecule has 0 unspecified atom stereocenters. The maximum Gasteiger partial charge on any atom is 0.573 e. The summed E-state index contributed by atoms with van der Waals surface area (Å²) in [6, 6.07) is 2.59. The number of halogens is 6. The molecule has 0 amide bonds. The van der Waals surface area contributed by atoms with Crippen molar-refractivity contribution < 1.29 is 31.1 Å². The summed E-state index contributed by atoms with van der Waals surface area (Å²) in [4.78, 5) is 0. The molecule has 1 fully saturated rings. The second-order valence-electron chi connectivity index (χ2n) is 6.03. The lowest BCUT2D eigenvalue weighted by molar-refractivity contribution is -0.276. The molecule has 2 nitrogen and oxygen atoms in total. The second kappa shape index (κ2) is 7.11. The second-order valence-corrected chi connectivity index (χ2v) is 6.03. The Morgan fingerprint density at radius 3 is 2.17 bits per heavy atom. The monoisotopic (exact) mass is 355 g/mol. The Balaban J connectivity index is 2.14. The number of benzene rings is 1. The summed E-state index contributed by atoms with van der Waals surface area (Å²) >= 11 is 0. The van der Waals surface area contributed by atoms with Crippen molar-refractivity contribution in [2.75, 3.05) is 5.32 Å². The number of anilines is 1. The van der Waals surface area contributed by atoms with Crippen LogP contribution in [0.5, 0.6) is 5.75 Å². The highest BCUT2D eigenvalue weighted by atomic mass is 19.4. The smallest absolute Gasteiger partial charge is 0.405 e. The normalized spacial score (nSPS) is 22.3. The minimum Gasteiger partial charge on any atom is -0.405 e. The first-order chi connectivity index (χ1) is 11.1. The Kier molecular flexibility index (Phi) is 5.55. The molecule has 0 atom stereocenters. The molecule has 2 rings (SSSR count). The van der Waals surface area contributed by atoms with E-state index in [0.717, 1.165) is 32.1 Å². The average Bonchev–Trinajstić information content (AvgIpc) is 2.47. The highest BCUT2D eigenvalue weighted by molar-refractivity contribution is 5.53. The van der Waals surface area contributed by atoms with Crippen LogP contribution in [-0.2, 0) is 6.18 Å². The van der Waals surface area contributed by atoms with Crippen molar-refractivity contribution in [3.63, 3.8) is 0 Å². The van der Waals surface area contributed by atoms with Gasteiger partial charge in [0.1, 0.15) is 5.75 Å². The Hall–Kier alpha value is -1.60. The molecular formula is C16H19F6NO. The van der Waals surface area contributed by atoms with Crippen molar-refractivity contribution in [1.29, 1.82) is 0 Å². The first kappa shape index (κ1) is 18.7. The van der Waals surface area contributed by atoms with Gasteiger partial charge in [0.25, 0.3) is 0 Å². The zero-order valence-electron chi connectivity index (χ0n) is 13.1. The Labute approximate surface area is 136 Å². The Morgan fingerprint density at radius 2 is 1.67 bits per heavy atom. The van der Waals surface area contributed by atoms with Gasteiger partial charge < -0.3 is 10.1 Å². The SMILES string of the molecule is CC[C@H]1CC[C@H](Nc2ccc(OC(F)(F)F)c(C(F)(F)F)c2)CC1. The van der Waals surface area contributed by atoms with Crippen LogP contribution in [0.2, 0.25) is 0 Å². The Bertz CT molecular complexity index is 546. The van der Waals surface area contributed by atoms with Crippen LogP contribution in [-0.4, -0.2) is 12.4 Å². The summed E-state index contributed by atoms with van der Waals surface area (Å²) in [7, 11) is 0. The van der Waals surface area contributed by atoms with E-state index in [1.54, 1.807) is 0 Å².